The van der Waals surface area contributed by atoms with Crippen LogP contribution in [0.5, 0.6) is 5.75 Å². The van der Waals surface area contributed by atoms with Crippen molar-refractivity contribution >= 4 is 17.3 Å². The topological polar surface area (TPSA) is 41.8 Å². The Morgan fingerprint density at radius 3 is 2.60 bits per heavy atom. The molecule has 5 heteroatoms. The van der Waals surface area contributed by atoms with Gasteiger partial charge in [0.15, 0.2) is 0 Å². The highest BCUT2D eigenvalue weighted by molar-refractivity contribution is 6.30. The fourth-order valence-electron chi connectivity index (χ4n) is 1.71. The molecule has 0 spiro atoms. The van der Waals surface area contributed by atoms with Gasteiger partial charge in [-0.05, 0) is 36.8 Å². The number of rotatable bonds is 4. The van der Waals surface area contributed by atoms with Gasteiger partial charge in [0.05, 0.1) is 5.71 Å². The highest BCUT2D eigenvalue weighted by Crippen LogP contribution is 2.22. The van der Waals surface area contributed by atoms with E-state index in [-0.39, 0.29) is 6.61 Å². The summed E-state index contributed by atoms with van der Waals surface area (Å²) in [7, 11) is 0. The molecule has 2 aromatic rings. The lowest BCUT2D eigenvalue weighted by atomic mass is 10.1. The van der Waals surface area contributed by atoms with Crippen molar-refractivity contribution in [2.45, 2.75) is 13.5 Å². The first-order chi connectivity index (χ1) is 9.60. The first-order valence-corrected chi connectivity index (χ1v) is 6.34. The number of nitrogens with zero attached hydrogens (tertiary/aromatic N) is 1. The molecule has 2 rings (SSSR count). The molecule has 0 bridgehead atoms. The van der Waals surface area contributed by atoms with E-state index in [1.807, 2.05) is 12.1 Å². The molecule has 0 aromatic heterocycles. The number of benzene rings is 2. The van der Waals surface area contributed by atoms with Gasteiger partial charge in [0.1, 0.15) is 18.2 Å². The highest BCUT2D eigenvalue weighted by atomic mass is 35.5. The van der Waals surface area contributed by atoms with Crippen LogP contribution in [0.2, 0.25) is 5.02 Å². The van der Waals surface area contributed by atoms with Crippen LogP contribution in [0.3, 0.4) is 0 Å². The van der Waals surface area contributed by atoms with Gasteiger partial charge in [0.25, 0.3) is 0 Å². The van der Waals surface area contributed by atoms with Gasteiger partial charge in [-0.15, -0.1) is 0 Å². The molecular weight excluding hydrogens is 281 g/mol. The molecule has 0 radical (unpaired) electrons. The Hall–Kier alpha value is -2.07. The molecule has 104 valence electrons. The lowest BCUT2D eigenvalue weighted by Gasteiger charge is -2.11. The molecule has 20 heavy (non-hydrogen) atoms. The fraction of sp³-hybridized carbons (Fsp3) is 0.133. The minimum atomic E-state index is -0.411. The van der Waals surface area contributed by atoms with Crippen molar-refractivity contribution in [2.75, 3.05) is 0 Å². The maximum atomic E-state index is 13.3. The Bertz CT molecular complexity index is 626. The first kappa shape index (κ1) is 14.3. The third kappa shape index (κ3) is 3.48. The van der Waals surface area contributed by atoms with E-state index < -0.39 is 5.82 Å². The normalized spacial score (nSPS) is 11.4. The Morgan fingerprint density at radius 1 is 1.25 bits per heavy atom. The van der Waals surface area contributed by atoms with Gasteiger partial charge in [-0.3, -0.25) is 0 Å². The molecule has 0 aliphatic carbocycles. The van der Waals surface area contributed by atoms with E-state index in [1.54, 1.807) is 19.1 Å². The molecule has 0 unspecified atom stereocenters. The average molecular weight is 294 g/mol. The zero-order valence-corrected chi connectivity index (χ0v) is 11.6. The molecule has 2 aromatic carbocycles. The van der Waals surface area contributed by atoms with Crippen molar-refractivity contribution in [3.05, 3.63) is 64.4 Å². The molecule has 0 aliphatic heterocycles. The number of hydrogen-bond donors (Lipinski definition) is 1. The second-order valence-corrected chi connectivity index (χ2v) is 4.68. The summed E-state index contributed by atoms with van der Waals surface area (Å²) in [5.41, 5.74) is 1.81. The van der Waals surface area contributed by atoms with E-state index in [2.05, 4.69) is 5.16 Å². The van der Waals surface area contributed by atoms with Crippen LogP contribution in [0.15, 0.2) is 47.6 Å². The van der Waals surface area contributed by atoms with Gasteiger partial charge in [-0.2, -0.15) is 0 Å². The lowest BCUT2D eigenvalue weighted by molar-refractivity contribution is 0.302. The first-order valence-electron chi connectivity index (χ1n) is 5.96. The van der Waals surface area contributed by atoms with Gasteiger partial charge in [0.2, 0.25) is 0 Å². The Kier molecular flexibility index (Phi) is 4.58. The molecule has 0 saturated heterocycles. The molecular formula is C15H13ClFNO2. The maximum Gasteiger partial charge on any atom is 0.131 e. The summed E-state index contributed by atoms with van der Waals surface area (Å²) in [5.74, 6) is -0.0826. The minimum absolute atomic E-state index is 0.270. The van der Waals surface area contributed by atoms with Crippen LogP contribution in [0.4, 0.5) is 4.39 Å². The third-order valence-electron chi connectivity index (χ3n) is 2.79. The summed E-state index contributed by atoms with van der Waals surface area (Å²) in [6.07, 6.45) is 0. The molecule has 0 saturated carbocycles. The van der Waals surface area contributed by atoms with Crippen LogP contribution in [0, 0.1) is 5.82 Å². The molecule has 3 nitrogen and oxygen atoms in total. The summed E-state index contributed by atoms with van der Waals surface area (Å²) < 4.78 is 18.9. The standard InChI is InChI=1S/C15H13ClFNO2/c1-10(18-19)14-7-6-13(17)8-15(14)20-9-11-2-4-12(16)5-3-11/h2-8,19H,9H2,1H3. The van der Waals surface area contributed by atoms with Crippen molar-refractivity contribution in [1.29, 1.82) is 0 Å². The number of halogens is 2. The number of oxime groups is 1. The second kappa shape index (κ2) is 6.39. The average Bonchev–Trinajstić information content (AvgIpc) is 2.46. The van der Waals surface area contributed by atoms with E-state index in [1.165, 1.54) is 18.2 Å². The van der Waals surface area contributed by atoms with Crippen molar-refractivity contribution in [3.8, 4) is 5.75 Å². The predicted molar refractivity (Wildman–Crippen MR) is 76.2 cm³/mol. The largest absolute Gasteiger partial charge is 0.488 e. The molecule has 0 atom stereocenters. The molecule has 0 fully saturated rings. The zero-order chi connectivity index (χ0) is 14.5. The van der Waals surface area contributed by atoms with Crippen molar-refractivity contribution in [3.63, 3.8) is 0 Å². The molecule has 0 aliphatic rings. The van der Waals surface area contributed by atoms with Gasteiger partial charge < -0.3 is 9.94 Å². The van der Waals surface area contributed by atoms with E-state index in [9.17, 15) is 4.39 Å². The second-order valence-electron chi connectivity index (χ2n) is 4.24. The van der Waals surface area contributed by atoms with Crippen LogP contribution in [-0.2, 0) is 6.61 Å². The quantitative estimate of drug-likeness (QED) is 0.520. The van der Waals surface area contributed by atoms with Crippen LogP contribution < -0.4 is 4.74 Å². The van der Waals surface area contributed by atoms with Crippen LogP contribution in [0.25, 0.3) is 0 Å². The summed E-state index contributed by atoms with van der Waals surface area (Å²) in [6.45, 7) is 1.88. The lowest BCUT2D eigenvalue weighted by Crippen LogP contribution is -2.03. The number of hydrogen-bond acceptors (Lipinski definition) is 3. The van der Waals surface area contributed by atoms with Gasteiger partial charge in [0, 0.05) is 16.7 Å². The van der Waals surface area contributed by atoms with Crippen LogP contribution in [-0.4, -0.2) is 10.9 Å². The van der Waals surface area contributed by atoms with E-state index in [0.29, 0.717) is 22.0 Å². The van der Waals surface area contributed by atoms with Crippen LogP contribution >= 0.6 is 11.6 Å². The Morgan fingerprint density at radius 2 is 1.95 bits per heavy atom. The summed E-state index contributed by atoms with van der Waals surface area (Å²) in [5, 5.41) is 12.6. The van der Waals surface area contributed by atoms with Crippen molar-refractivity contribution in [1.82, 2.24) is 0 Å². The predicted octanol–water partition coefficient (Wildman–Crippen LogP) is 4.26. The third-order valence-corrected chi connectivity index (χ3v) is 3.04. The molecule has 1 N–H and O–H groups in total. The summed E-state index contributed by atoms with van der Waals surface area (Å²) >= 11 is 5.80. The Balaban J connectivity index is 2.20. The minimum Gasteiger partial charge on any atom is -0.488 e. The summed E-state index contributed by atoms with van der Waals surface area (Å²) in [6, 6.07) is 11.2. The fourth-order valence-corrected chi connectivity index (χ4v) is 1.84. The zero-order valence-electron chi connectivity index (χ0n) is 10.8. The van der Waals surface area contributed by atoms with Crippen molar-refractivity contribution < 1.29 is 14.3 Å². The van der Waals surface area contributed by atoms with Crippen LogP contribution in [0.1, 0.15) is 18.1 Å². The van der Waals surface area contributed by atoms with Gasteiger partial charge in [-0.25, -0.2) is 4.39 Å². The SMILES string of the molecule is CC(=NO)c1ccc(F)cc1OCc1ccc(Cl)cc1. The smallest absolute Gasteiger partial charge is 0.131 e. The Labute approximate surface area is 121 Å². The van der Waals surface area contributed by atoms with E-state index in [0.717, 1.165) is 5.56 Å². The monoisotopic (exact) mass is 293 g/mol. The van der Waals surface area contributed by atoms with Gasteiger partial charge >= 0.3 is 0 Å². The van der Waals surface area contributed by atoms with E-state index >= 15 is 0 Å². The molecule has 0 heterocycles. The van der Waals surface area contributed by atoms with Crippen molar-refractivity contribution in [2.24, 2.45) is 5.16 Å². The molecule has 0 amide bonds. The highest BCUT2D eigenvalue weighted by Gasteiger charge is 2.09. The number of ether oxygens (including phenoxy) is 1. The summed E-state index contributed by atoms with van der Waals surface area (Å²) in [4.78, 5) is 0. The van der Waals surface area contributed by atoms with E-state index in [4.69, 9.17) is 21.5 Å². The van der Waals surface area contributed by atoms with Gasteiger partial charge in [-0.1, -0.05) is 28.9 Å². The maximum absolute atomic E-state index is 13.3.